The number of amides is 1. The molecule has 0 bridgehead atoms. The molecule has 2 heterocycles. The van der Waals surface area contributed by atoms with Gasteiger partial charge in [0, 0.05) is 49.2 Å². The first kappa shape index (κ1) is 24.3. The van der Waals surface area contributed by atoms with E-state index in [1.54, 1.807) is 30.3 Å². The van der Waals surface area contributed by atoms with Crippen LogP contribution in [-0.2, 0) is 14.8 Å². The van der Waals surface area contributed by atoms with Gasteiger partial charge in [0.2, 0.25) is 15.9 Å². The second-order valence-corrected chi connectivity index (χ2v) is 10.6. The Morgan fingerprint density at radius 3 is 2.38 bits per heavy atom. The Morgan fingerprint density at radius 1 is 1.00 bits per heavy atom. The summed E-state index contributed by atoms with van der Waals surface area (Å²) in [7, 11) is -3.16. The number of piperazine rings is 1. The predicted octanol–water partition coefficient (Wildman–Crippen LogP) is 4.99. The first-order valence-corrected chi connectivity index (χ1v) is 13.1. The van der Waals surface area contributed by atoms with E-state index in [9.17, 15) is 13.2 Å². The minimum atomic E-state index is -3.16. The first-order valence-electron chi connectivity index (χ1n) is 10.5. The van der Waals surface area contributed by atoms with E-state index in [4.69, 9.17) is 27.6 Å². The minimum Gasteiger partial charge on any atom is -0.457 e. The molecule has 1 aromatic heterocycles. The Hall–Kier alpha value is -2.78. The summed E-state index contributed by atoms with van der Waals surface area (Å²) in [6.07, 6.45) is 4.20. The Bertz CT molecular complexity index is 1310. The second kappa shape index (κ2) is 10.2. The van der Waals surface area contributed by atoms with Crippen molar-refractivity contribution in [2.75, 3.05) is 42.7 Å². The van der Waals surface area contributed by atoms with Crippen LogP contribution in [0.1, 0.15) is 5.76 Å². The molecule has 0 aliphatic carbocycles. The highest BCUT2D eigenvalue weighted by Gasteiger charge is 2.23. The molecule has 1 saturated heterocycles. The lowest BCUT2D eigenvalue weighted by Crippen LogP contribution is -2.48. The Balaban J connectivity index is 1.33. The van der Waals surface area contributed by atoms with Crippen LogP contribution in [0.5, 0.6) is 0 Å². The number of halogens is 2. The van der Waals surface area contributed by atoms with Crippen LogP contribution in [-0.4, -0.2) is 51.1 Å². The first-order chi connectivity index (χ1) is 16.2. The number of furan rings is 1. The Kier molecular flexibility index (Phi) is 7.33. The number of sulfonamides is 1. The van der Waals surface area contributed by atoms with Gasteiger partial charge < -0.3 is 14.6 Å². The smallest absolute Gasteiger partial charge is 0.248 e. The maximum Gasteiger partial charge on any atom is 0.248 e. The van der Waals surface area contributed by atoms with Crippen molar-refractivity contribution in [3.05, 3.63) is 76.5 Å². The van der Waals surface area contributed by atoms with Crippen molar-refractivity contribution in [2.24, 2.45) is 0 Å². The van der Waals surface area contributed by atoms with Gasteiger partial charge in [-0.2, -0.15) is 4.31 Å². The average Bonchev–Trinajstić information content (AvgIpc) is 3.28. The monoisotopic (exact) mass is 519 g/mol. The van der Waals surface area contributed by atoms with Crippen LogP contribution in [0.25, 0.3) is 17.4 Å². The number of nitrogens with one attached hydrogen (secondary N) is 1. The van der Waals surface area contributed by atoms with Gasteiger partial charge in [-0.3, -0.25) is 4.79 Å². The number of rotatable bonds is 6. The van der Waals surface area contributed by atoms with Crippen LogP contribution < -0.4 is 10.2 Å². The molecule has 0 spiro atoms. The van der Waals surface area contributed by atoms with E-state index in [-0.39, 0.29) is 5.91 Å². The number of anilines is 2. The molecule has 1 aliphatic rings. The van der Waals surface area contributed by atoms with E-state index in [0.717, 1.165) is 5.69 Å². The topological polar surface area (TPSA) is 82.9 Å². The van der Waals surface area contributed by atoms with Gasteiger partial charge >= 0.3 is 0 Å². The fraction of sp³-hybridized carbons (Fsp3) is 0.208. The fourth-order valence-corrected chi connectivity index (χ4v) is 4.88. The fourth-order valence-electron chi connectivity index (χ4n) is 3.66. The van der Waals surface area contributed by atoms with E-state index in [1.165, 1.54) is 16.6 Å². The molecule has 178 valence electrons. The van der Waals surface area contributed by atoms with Crippen LogP contribution in [0.4, 0.5) is 11.4 Å². The predicted molar refractivity (Wildman–Crippen MR) is 137 cm³/mol. The number of nitrogens with zero attached hydrogens (tertiary/aromatic N) is 2. The third-order valence-corrected chi connectivity index (χ3v) is 7.57. The maximum atomic E-state index is 12.3. The number of benzene rings is 2. The van der Waals surface area contributed by atoms with Crippen LogP contribution >= 0.6 is 23.2 Å². The highest BCUT2D eigenvalue weighted by Crippen LogP contribution is 2.34. The Labute approximate surface area is 208 Å². The van der Waals surface area contributed by atoms with E-state index < -0.39 is 10.0 Å². The molecule has 4 rings (SSSR count). The normalized spacial score (nSPS) is 15.1. The van der Waals surface area contributed by atoms with E-state index in [1.807, 2.05) is 30.3 Å². The van der Waals surface area contributed by atoms with Gasteiger partial charge in [0.25, 0.3) is 0 Å². The molecular formula is C24H23Cl2N3O4S. The quantitative estimate of drug-likeness (QED) is 0.464. The molecule has 2 aromatic carbocycles. The molecule has 1 amide bonds. The van der Waals surface area contributed by atoms with Crippen LogP contribution in [0, 0.1) is 0 Å². The average molecular weight is 520 g/mol. The van der Waals surface area contributed by atoms with Gasteiger partial charge in [-0.1, -0.05) is 29.3 Å². The van der Waals surface area contributed by atoms with Crippen LogP contribution in [0.15, 0.2) is 65.1 Å². The summed E-state index contributed by atoms with van der Waals surface area (Å²) in [4.78, 5) is 14.4. The third kappa shape index (κ3) is 5.82. The van der Waals surface area contributed by atoms with Gasteiger partial charge in [-0.25, -0.2) is 8.42 Å². The lowest BCUT2D eigenvalue weighted by atomic mass is 10.2. The van der Waals surface area contributed by atoms with Crippen molar-refractivity contribution < 1.29 is 17.6 Å². The Morgan fingerprint density at radius 2 is 1.71 bits per heavy atom. The molecule has 1 aliphatic heterocycles. The van der Waals surface area contributed by atoms with Crippen LogP contribution in [0.3, 0.4) is 0 Å². The molecule has 0 radical (unpaired) electrons. The summed E-state index contributed by atoms with van der Waals surface area (Å²) in [6.45, 7) is 2.15. The lowest BCUT2D eigenvalue weighted by molar-refractivity contribution is -0.111. The summed E-state index contributed by atoms with van der Waals surface area (Å²) in [5, 5.41) is 3.66. The molecule has 1 fully saturated rings. The molecule has 10 heteroatoms. The lowest BCUT2D eigenvalue weighted by Gasteiger charge is -2.34. The van der Waals surface area contributed by atoms with Gasteiger partial charge in [-0.15, -0.1) is 0 Å². The number of carbonyl (C=O) groups is 1. The van der Waals surface area contributed by atoms with E-state index >= 15 is 0 Å². The van der Waals surface area contributed by atoms with Crippen LogP contribution in [0.2, 0.25) is 10.0 Å². The largest absolute Gasteiger partial charge is 0.457 e. The highest BCUT2D eigenvalue weighted by atomic mass is 35.5. The SMILES string of the molecule is CS(=O)(=O)N1CCN(c2ccc(NC(=O)/C=C/c3ccc(-c4cccc(Cl)c4Cl)o3)cc2)CC1. The van der Waals surface area contributed by atoms with Crippen molar-refractivity contribution in [1.82, 2.24) is 4.31 Å². The van der Waals surface area contributed by atoms with Gasteiger partial charge in [0.05, 0.1) is 16.3 Å². The van der Waals surface area contributed by atoms with Gasteiger partial charge in [0.1, 0.15) is 11.5 Å². The molecule has 0 unspecified atom stereocenters. The summed E-state index contributed by atoms with van der Waals surface area (Å²) in [5.41, 5.74) is 2.31. The molecular weight excluding hydrogens is 497 g/mol. The zero-order valence-electron chi connectivity index (χ0n) is 18.4. The summed E-state index contributed by atoms with van der Waals surface area (Å²) in [6, 6.07) is 16.3. The van der Waals surface area contributed by atoms with Crippen molar-refractivity contribution in [1.29, 1.82) is 0 Å². The number of hydrogen-bond acceptors (Lipinski definition) is 5. The second-order valence-electron chi connectivity index (χ2n) is 7.82. The molecule has 0 saturated carbocycles. The molecule has 3 aromatic rings. The molecule has 7 nitrogen and oxygen atoms in total. The van der Waals surface area contributed by atoms with Gasteiger partial charge in [-0.05, 0) is 54.6 Å². The third-order valence-electron chi connectivity index (χ3n) is 5.45. The molecule has 34 heavy (non-hydrogen) atoms. The number of carbonyl (C=O) groups excluding carboxylic acids is 1. The summed E-state index contributed by atoms with van der Waals surface area (Å²) < 4.78 is 30.6. The highest BCUT2D eigenvalue weighted by molar-refractivity contribution is 7.88. The molecule has 0 atom stereocenters. The number of hydrogen-bond donors (Lipinski definition) is 1. The van der Waals surface area contributed by atoms with Crippen molar-refractivity contribution in [3.8, 4) is 11.3 Å². The summed E-state index contributed by atoms with van der Waals surface area (Å²) in [5.74, 6) is 0.763. The van der Waals surface area contributed by atoms with Gasteiger partial charge in [0.15, 0.2) is 0 Å². The van der Waals surface area contributed by atoms with Crippen molar-refractivity contribution in [3.63, 3.8) is 0 Å². The molecule has 1 N–H and O–H groups in total. The zero-order valence-corrected chi connectivity index (χ0v) is 20.7. The minimum absolute atomic E-state index is 0.298. The standard InChI is InChI=1S/C24H23Cl2N3O4S/c1-34(31,32)29-15-13-28(14-16-29)18-7-5-17(6-8-18)27-23(30)12-10-19-9-11-22(33-19)20-3-2-4-21(25)24(20)26/h2-12H,13-16H2,1H3,(H,27,30)/b12-10+. The van der Waals surface area contributed by atoms with E-state index in [2.05, 4.69) is 10.2 Å². The van der Waals surface area contributed by atoms with Crippen molar-refractivity contribution in [2.45, 2.75) is 0 Å². The zero-order chi connectivity index (χ0) is 24.3. The van der Waals surface area contributed by atoms with Crippen molar-refractivity contribution >= 4 is 56.6 Å². The van der Waals surface area contributed by atoms with E-state index in [0.29, 0.717) is 59.0 Å². The summed E-state index contributed by atoms with van der Waals surface area (Å²) >= 11 is 12.3. The maximum absolute atomic E-state index is 12.3.